The van der Waals surface area contributed by atoms with Crippen LogP contribution in [0.4, 0.5) is 5.69 Å². The molecule has 0 saturated carbocycles. The molecule has 1 aromatic heterocycles. The summed E-state index contributed by atoms with van der Waals surface area (Å²) >= 11 is 5.78. The van der Waals surface area contributed by atoms with Crippen molar-refractivity contribution in [1.82, 2.24) is 4.31 Å². The maximum absolute atomic E-state index is 12.5. The molecule has 0 unspecified atom stereocenters. The third-order valence-corrected chi connectivity index (χ3v) is 5.13. The highest BCUT2D eigenvalue weighted by molar-refractivity contribution is 7.89. The molecule has 0 aliphatic carbocycles. The number of benzene rings is 1. The molecular formula is C13H15ClN2O3S. The monoisotopic (exact) mass is 314 g/mol. The van der Waals surface area contributed by atoms with E-state index in [-0.39, 0.29) is 17.1 Å². The number of rotatable bonds is 4. The molecule has 0 aliphatic rings. The maximum Gasteiger partial charge on any atom is 0.245 e. The van der Waals surface area contributed by atoms with Crippen LogP contribution in [0.1, 0.15) is 11.3 Å². The number of furan rings is 1. The fourth-order valence-corrected chi connectivity index (χ4v) is 3.24. The van der Waals surface area contributed by atoms with Crippen LogP contribution in [-0.2, 0) is 16.6 Å². The lowest BCUT2D eigenvalue weighted by atomic mass is 10.3. The molecule has 0 amide bonds. The van der Waals surface area contributed by atoms with Gasteiger partial charge in [0.1, 0.15) is 10.7 Å². The Labute approximate surface area is 123 Å². The van der Waals surface area contributed by atoms with Crippen molar-refractivity contribution in [2.75, 3.05) is 12.8 Å². The van der Waals surface area contributed by atoms with Gasteiger partial charge in [-0.25, -0.2) is 8.42 Å². The minimum atomic E-state index is -3.67. The van der Waals surface area contributed by atoms with E-state index in [9.17, 15) is 8.42 Å². The lowest BCUT2D eigenvalue weighted by molar-refractivity contribution is 0.459. The third kappa shape index (κ3) is 2.82. The van der Waals surface area contributed by atoms with Crippen LogP contribution in [0.25, 0.3) is 0 Å². The van der Waals surface area contributed by atoms with Gasteiger partial charge in [-0.2, -0.15) is 4.31 Å². The van der Waals surface area contributed by atoms with Crippen molar-refractivity contribution in [3.05, 3.63) is 46.9 Å². The Hall–Kier alpha value is -1.50. The molecule has 2 aromatic rings. The van der Waals surface area contributed by atoms with Crippen molar-refractivity contribution in [3.8, 4) is 0 Å². The smallest absolute Gasteiger partial charge is 0.245 e. The number of nitrogens with zero attached hydrogens (tertiary/aromatic N) is 1. The van der Waals surface area contributed by atoms with Gasteiger partial charge in [0.25, 0.3) is 0 Å². The summed E-state index contributed by atoms with van der Waals surface area (Å²) in [5.74, 6) is 0.691. The maximum atomic E-state index is 12.5. The summed E-state index contributed by atoms with van der Waals surface area (Å²) in [5, 5.41) is 0.398. The van der Waals surface area contributed by atoms with Crippen molar-refractivity contribution in [2.24, 2.45) is 0 Å². The van der Waals surface area contributed by atoms with E-state index >= 15 is 0 Å². The van der Waals surface area contributed by atoms with Crippen LogP contribution < -0.4 is 5.73 Å². The topological polar surface area (TPSA) is 76.5 Å². The molecule has 0 spiro atoms. The summed E-state index contributed by atoms with van der Waals surface area (Å²) in [4.78, 5) is 0.0468. The lowest BCUT2D eigenvalue weighted by Gasteiger charge is -2.18. The van der Waals surface area contributed by atoms with Crippen molar-refractivity contribution in [2.45, 2.75) is 18.4 Å². The van der Waals surface area contributed by atoms with E-state index < -0.39 is 10.0 Å². The highest BCUT2D eigenvalue weighted by atomic mass is 35.5. The molecule has 0 radical (unpaired) electrons. The number of sulfonamides is 1. The summed E-state index contributed by atoms with van der Waals surface area (Å²) < 4.78 is 31.3. The van der Waals surface area contributed by atoms with E-state index in [4.69, 9.17) is 21.8 Å². The Bertz CT molecular complexity index is 725. The number of nitrogens with two attached hydrogens (primary N) is 1. The Kier molecular flexibility index (Phi) is 4.08. The van der Waals surface area contributed by atoms with E-state index in [1.165, 1.54) is 35.8 Å². The molecule has 2 N–H and O–H groups in total. The number of aryl methyl sites for hydroxylation is 1. The number of halogens is 1. The second-order valence-electron chi connectivity index (χ2n) is 4.45. The van der Waals surface area contributed by atoms with Gasteiger partial charge in [-0.1, -0.05) is 11.6 Å². The van der Waals surface area contributed by atoms with Crippen molar-refractivity contribution in [3.63, 3.8) is 0 Å². The van der Waals surface area contributed by atoms with E-state index in [1.54, 1.807) is 13.0 Å². The minimum absolute atomic E-state index is 0.0468. The summed E-state index contributed by atoms with van der Waals surface area (Å²) in [6.45, 7) is 2.00. The predicted octanol–water partition coefficient (Wildman–Crippen LogP) is 2.64. The number of hydrogen-bond donors (Lipinski definition) is 1. The van der Waals surface area contributed by atoms with Gasteiger partial charge in [0.05, 0.1) is 12.0 Å². The van der Waals surface area contributed by atoms with Crippen molar-refractivity contribution >= 4 is 27.3 Å². The summed E-state index contributed by atoms with van der Waals surface area (Å²) in [7, 11) is -2.18. The second kappa shape index (κ2) is 5.47. The minimum Gasteiger partial charge on any atom is -0.469 e. The quantitative estimate of drug-likeness (QED) is 0.880. The molecule has 0 saturated heterocycles. The lowest BCUT2D eigenvalue weighted by Crippen LogP contribution is -2.27. The van der Waals surface area contributed by atoms with Crippen LogP contribution in [0.3, 0.4) is 0 Å². The highest BCUT2D eigenvalue weighted by Crippen LogP contribution is 2.26. The standard InChI is InChI=1S/C13H15ClN2O3S/c1-9-10(5-6-19-9)8-16(2)20(17,18)13-4-3-11(14)7-12(13)15/h3-7H,8,15H2,1-2H3. The average molecular weight is 315 g/mol. The normalized spacial score (nSPS) is 12.0. The molecular weight excluding hydrogens is 300 g/mol. The molecule has 1 aromatic carbocycles. The molecule has 2 rings (SSSR count). The summed E-state index contributed by atoms with van der Waals surface area (Å²) in [6, 6.07) is 6.07. The summed E-state index contributed by atoms with van der Waals surface area (Å²) in [6.07, 6.45) is 1.53. The summed E-state index contributed by atoms with van der Waals surface area (Å²) in [5.41, 5.74) is 6.68. The largest absolute Gasteiger partial charge is 0.469 e. The van der Waals surface area contributed by atoms with Crippen molar-refractivity contribution < 1.29 is 12.8 Å². The van der Waals surface area contributed by atoms with Crippen LogP contribution in [0.5, 0.6) is 0 Å². The Balaban J connectivity index is 2.32. The van der Waals surface area contributed by atoms with Gasteiger partial charge in [0.15, 0.2) is 0 Å². The van der Waals surface area contributed by atoms with Crippen LogP contribution >= 0.6 is 11.6 Å². The molecule has 0 aliphatic heterocycles. The number of nitrogen functional groups attached to an aromatic ring is 1. The third-order valence-electron chi connectivity index (χ3n) is 3.02. The fraction of sp³-hybridized carbons (Fsp3) is 0.231. The first-order valence-corrected chi connectivity index (χ1v) is 7.68. The van der Waals surface area contributed by atoms with Gasteiger partial charge < -0.3 is 10.2 Å². The molecule has 0 atom stereocenters. The van der Waals surface area contributed by atoms with Gasteiger partial charge in [0, 0.05) is 24.2 Å². The molecule has 0 fully saturated rings. The second-order valence-corrected chi connectivity index (χ2v) is 6.89. The van der Waals surface area contributed by atoms with Gasteiger partial charge in [-0.05, 0) is 31.2 Å². The Morgan fingerprint density at radius 3 is 2.60 bits per heavy atom. The van der Waals surface area contributed by atoms with E-state index in [0.29, 0.717) is 10.8 Å². The zero-order valence-electron chi connectivity index (χ0n) is 11.1. The first-order chi connectivity index (χ1) is 9.32. The zero-order chi connectivity index (χ0) is 14.9. The van der Waals surface area contributed by atoms with Gasteiger partial charge in [0.2, 0.25) is 10.0 Å². The van der Waals surface area contributed by atoms with Gasteiger partial charge >= 0.3 is 0 Å². The number of hydrogen-bond acceptors (Lipinski definition) is 4. The Morgan fingerprint density at radius 1 is 1.35 bits per heavy atom. The van der Waals surface area contributed by atoms with Crippen LogP contribution in [0.15, 0.2) is 39.8 Å². The first-order valence-electron chi connectivity index (χ1n) is 5.86. The molecule has 20 heavy (non-hydrogen) atoms. The molecule has 7 heteroatoms. The zero-order valence-corrected chi connectivity index (χ0v) is 12.7. The van der Waals surface area contributed by atoms with Crippen LogP contribution in [0, 0.1) is 6.92 Å². The molecule has 5 nitrogen and oxygen atoms in total. The fourth-order valence-electron chi connectivity index (χ4n) is 1.82. The van der Waals surface area contributed by atoms with Crippen molar-refractivity contribution in [1.29, 1.82) is 0 Å². The van der Waals surface area contributed by atoms with Crippen LogP contribution in [0.2, 0.25) is 5.02 Å². The van der Waals surface area contributed by atoms with E-state index in [1.807, 2.05) is 0 Å². The van der Waals surface area contributed by atoms with Crippen LogP contribution in [-0.4, -0.2) is 19.8 Å². The van der Waals surface area contributed by atoms with Gasteiger partial charge in [-0.15, -0.1) is 0 Å². The van der Waals surface area contributed by atoms with Gasteiger partial charge in [-0.3, -0.25) is 0 Å². The molecule has 0 bridgehead atoms. The predicted molar refractivity (Wildman–Crippen MR) is 78.0 cm³/mol. The highest BCUT2D eigenvalue weighted by Gasteiger charge is 2.24. The van der Waals surface area contributed by atoms with E-state index in [0.717, 1.165) is 5.56 Å². The molecule has 108 valence electrons. The average Bonchev–Trinajstić information content (AvgIpc) is 2.74. The Morgan fingerprint density at radius 2 is 2.05 bits per heavy atom. The SMILES string of the molecule is Cc1occc1CN(C)S(=O)(=O)c1ccc(Cl)cc1N. The first kappa shape index (κ1) is 14.9. The number of anilines is 1. The van der Waals surface area contributed by atoms with E-state index in [2.05, 4.69) is 0 Å². The molecule has 1 heterocycles.